The van der Waals surface area contributed by atoms with E-state index >= 15 is 0 Å². The molecule has 36 heavy (non-hydrogen) atoms. The van der Waals surface area contributed by atoms with Crippen molar-refractivity contribution < 1.29 is 4.79 Å². The summed E-state index contributed by atoms with van der Waals surface area (Å²) in [6.07, 6.45) is 5.69. The summed E-state index contributed by atoms with van der Waals surface area (Å²) in [7, 11) is 1.69. The van der Waals surface area contributed by atoms with Crippen LogP contribution in [-0.4, -0.2) is 61.5 Å². The van der Waals surface area contributed by atoms with E-state index in [0.717, 1.165) is 17.7 Å². The maximum Gasteiger partial charge on any atom is 0.260 e. The molecule has 1 amide bonds. The molecule has 0 bridgehead atoms. The molecule has 1 aliphatic rings. The number of hydrogen-bond acceptors (Lipinski definition) is 8. The van der Waals surface area contributed by atoms with Crippen molar-refractivity contribution in [1.29, 1.82) is 0 Å². The highest BCUT2D eigenvalue weighted by molar-refractivity contribution is 6.33. The Morgan fingerprint density at radius 2 is 2.03 bits per heavy atom. The van der Waals surface area contributed by atoms with Gasteiger partial charge >= 0.3 is 0 Å². The van der Waals surface area contributed by atoms with Gasteiger partial charge in [0.15, 0.2) is 0 Å². The van der Waals surface area contributed by atoms with Gasteiger partial charge in [0.25, 0.3) is 5.56 Å². The SMILES string of the molecule is CNc1ncc2cc(-c3ccc(-c4cncc(C)n4)cc3Cl)c(=O)n(CC(=O)N3CC[C@@H](N)C3)c2n1. The van der Waals surface area contributed by atoms with E-state index in [1.165, 1.54) is 4.57 Å². The Kier molecular flexibility index (Phi) is 6.38. The van der Waals surface area contributed by atoms with Gasteiger partial charge in [0.05, 0.1) is 17.6 Å². The summed E-state index contributed by atoms with van der Waals surface area (Å²) in [6, 6.07) is 7.03. The lowest BCUT2D eigenvalue weighted by molar-refractivity contribution is -0.130. The number of aryl methyl sites for hydroxylation is 1. The average molecular weight is 505 g/mol. The van der Waals surface area contributed by atoms with Gasteiger partial charge in [0.2, 0.25) is 11.9 Å². The molecule has 0 radical (unpaired) electrons. The lowest BCUT2D eigenvalue weighted by Crippen LogP contribution is -2.37. The number of benzene rings is 1. The number of halogens is 1. The number of nitrogens with two attached hydrogens (primary N) is 1. The summed E-state index contributed by atoms with van der Waals surface area (Å²) in [5, 5.41) is 3.87. The summed E-state index contributed by atoms with van der Waals surface area (Å²) >= 11 is 6.68. The molecule has 1 saturated heterocycles. The van der Waals surface area contributed by atoms with E-state index < -0.39 is 0 Å². The van der Waals surface area contributed by atoms with Gasteiger partial charge in [-0.2, -0.15) is 4.98 Å². The number of rotatable bonds is 5. The van der Waals surface area contributed by atoms with Crippen LogP contribution in [0.5, 0.6) is 0 Å². The number of hydrogen-bond donors (Lipinski definition) is 2. The van der Waals surface area contributed by atoms with Crippen LogP contribution in [0.15, 0.2) is 47.7 Å². The highest BCUT2D eigenvalue weighted by Gasteiger charge is 2.25. The van der Waals surface area contributed by atoms with Crippen LogP contribution < -0.4 is 16.6 Å². The Balaban J connectivity index is 1.61. The molecular formula is C25H25ClN8O2. The van der Waals surface area contributed by atoms with Gasteiger partial charge in [-0.25, -0.2) is 9.97 Å². The number of nitrogens with zero attached hydrogens (tertiary/aromatic N) is 6. The summed E-state index contributed by atoms with van der Waals surface area (Å²) in [5.74, 6) is 0.160. The first-order valence-electron chi connectivity index (χ1n) is 11.5. The van der Waals surface area contributed by atoms with Gasteiger partial charge in [-0.1, -0.05) is 23.7 Å². The van der Waals surface area contributed by atoms with Crippen LogP contribution in [0.4, 0.5) is 5.95 Å². The third kappa shape index (κ3) is 4.52. The predicted octanol–water partition coefficient (Wildman–Crippen LogP) is 2.48. The Morgan fingerprint density at radius 3 is 2.72 bits per heavy atom. The molecule has 5 rings (SSSR count). The Morgan fingerprint density at radius 1 is 1.19 bits per heavy atom. The maximum absolute atomic E-state index is 13.8. The van der Waals surface area contributed by atoms with E-state index in [4.69, 9.17) is 17.3 Å². The first-order chi connectivity index (χ1) is 17.3. The predicted molar refractivity (Wildman–Crippen MR) is 139 cm³/mol. The van der Waals surface area contributed by atoms with Crippen molar-refractivity contribution in [3.8, 4) is 22.4 Å². The van der Waals surface area contributed by atoms with Crippen molar-refractivity contribution in [3.05, 3.63) is 63.9 Å². The molecule has 4 heterocycles. The van der Waals surface area contributed by atoms with Gasteiger partial charge in [0.1, 0.15) is 12.2 Å². The van der Waals surface area contributed by atoms with Crippen LogP contribution in [0, 0.1) is 6.92 Å². The fourth-order valence-electron chi connectivity index (χ4n) is 4.36. The van der Waals surface area contributed by atoms with E-state index in [1.807, 2.05) is 13.0 Å². The topological polar surface area (TPSA) is 132 Å². The fourth-order valence-corrected chi connectivity index (χ4v) is 4.65. The van der Waals surface area contributed by atoms with Crippen LogP contribution in [0.3, 0.4) is 0 Å². The van der Waals surface area contributed by atoms with Gasteiger partial charge in [-0.15, -0.1) is 0 Å². The van der Waals surface area contributed by atoms with Gasteiger partial charge in [0, 0.05) is 65.7 Å². The van der Waals surface area contributed by atoms with E-state index in [1.54, 1.807) is 48.7 Å². The first kappa shape index (κ1) is 23.8. The molecule has 1 atom stereocenters. The molecule has 0 saturated carbocycles. The Bertz CT molecular complexity index is 1540. The largest absolute Gasteiger partial charge is 0.357 e. The molecule has 1 aromatic carbocycles. The second kappa shape index (κ2) is 9.63. The molecule has 3 aromatic heterocycles. The fraction of sp³-hybridized carbons (Fsp3) is 0.280. The minimum absolute atomic E-state index is 0.0533. The van der Waals surface area contributed by atoms with E-state index in [2.05, 4.69) is 25.3 Å². The summed E-state index contributed by atoms with van der Waals surface area (Å²) < 4.78 is 1.38. The maximum atomic E-state index is 13.8. The van der Waals surface area contributed by atoms with Crippen LogP contribution in [-0.2, 0) is 11.3 Å². The highest BCUT2D eigenvalue weighted by atomic mass is 35.5. The van der Waals surface area contributed by atoms with Crippen LogP contribution in [0.1, 0.15) is 12.1 Å². The molecule has 184 valence electrons. The third-order valence-electron chi connectivity index (χ3n) is 6.23. The van der Waals surface area contributed by atoms with E-state index in [-0.39, 0.29) is 24.1 Å². The Labute approximate surface area is 212 Å². The van der Waals surface area contributed by atoms with E-state index in [9.17, 15) is 9.59 Å². The lowest BCUT2D eigenvalue weighted by atomic mass is 10.0. The first-order valence-corrected chi connectivity index (χ1v) is 11.9. The molecule has 0 unspecified atom stereocenters. The number of aromatic nitrogens is 5. The van der Waals surface area contributed by atoms with Crippen LogP contribution in [0.25, 0.3) is 33.4 Å². The number of carbonyl (C=O) groups is 1. The number of nitrogens with one attached hydrogen (secondary N) is 1. The van der Waals surface area contributed by atoms with Gasteiger partial charge < -0.3 is 16.0 Å². The quantitative estimate of drug-likeness (QED) is 0.423. The van der Waals surface area contributed by atoms with Crippen LogP contribution in [0.2, 0.25) is 5.02 Å². The van der Waals surface area contributed by atoms with Crippen molar-refractivity contribution in [1.82, 2.24) is 29.4 Å². The summed E-state index contributed by atoms with van der Waals surface area (Å²) in [4.78, 5) is 45.9. The third-order valence-corrected chi connectivity index (χ3v) is 6.54. The molecule has 3 N–H and O–H groups in total. The average Bonchev–Trinajstić information content (AvgIpc) is 3.32. The monoisotopic (exact) mass is 504 g/mol. The summed E-state index contributed by atoms with van der Waals surface area (Å²) in [6.45, 7) is 2.74. The van der Waals surface area contributed by atoms with Crippen molar-refractivity contribution in [3.63, 3.8) is 0 Å². The molecule has 4 aromatic rings. The number of anilines is 1. The highest BCUT2D eigenvalue weighted by Crippen LogP contribution is 2.31. The number of pyridine rings is 1. The second-order valence-corrected chi connectivity index (χ2v) is 9.21. The minimum Gasteiger partial charge on any atom is -0.357 e. The molecule has 0 aliphatic carbocycles. The smallest absolute Gasteiger partial charge is 0.260 e. The molecule has 1 fully saturated rings. The molecular weight excluding hydrogens is 480 g/mol. The lowest BCUT2D eigenvalue weighted by Gasteiger charge is -2.18. The zero-order chi connectivity index (χ0) is 25.4. The van der Waals surface area contributed by atoms with Crippen molar-refractivity contribution in [2.24, 2.45) is 5.73 Å². The molecule has 1 aliphatic heterocycles. The van der Waals surface area contributed by atoms with Crippen LogP contribution >= 0.6 is 11.6 Å². The standard InChI is InChI=1S/C25H25ClN8O2/c1-14-9-29-11-21(31-14)15-3-4-18(20(26)8-15)19-7-16-10-30-25(28-2)32-23(16)34(24(19)36)13-22(35)33-6-5-17(27)12-33/h3-4,7-11,17H,5-6,12-13,27H2,1-2H3,(H,28,30,32)/t17-/m1/s1. The summed E-state index contributed by atoms with van der Waals surface area (Å²) in [5.41, 5.74) is 9.11. The molecule has 0 spiro atoms. The zero-order valence-electron chi connectivity index (χ0n) is 19.9. The van der Waals surface area contributed by atoms with Gasteiger partial charge in [-0.05, 0) is 25.5 Å². The molecule has 10 nitrogen and oxygen atoms in total. The number of fused-ring (bicyclic) bond motifs is 1. The zero-order valence-corrected chi connectivity index (χ0v) is 20.7. The van der Waals surface area contributed by atoms with E-state index in [0.29, 0.717) is 51.9 Å². The van der Waals surface area contributed by atoms with Gasteiger partial charge in [-0.3, -0.25) is 19.1 Å². The van der Waals surface area contributed by atoms with Crippen molar-refractivity contribution in [2.45, 2.75) is 25.9 Å². The Hall–Kier alpha value is -3.89. The molecule has 11 heteroatoms. The second-order valence-electron chi connectivity index (χ2n) is 8.80. The normalized spacial score (nSPS) is 15.4. The number of carbonyl (C=O) groups excluding carboxylic acids is 1. The minimum atomic E-state index is -0.370. The number of likely N-dealkylation sites (tertiary alicyclic amines) is 1. The number of amides is 1. The van der Waals surface area contributed by atoms with Crippen molar-refractivity contribution >= 4 is 34.5 Å². The van der Waals surface area contributed by atoms with Crippen molar-refractivity contribution in [2.75, 3.05) is 25.5 Å².